The van der Waals surface area contributed by atoms with Gasteiger partial charge in [-0.3, -0.25) is 9.59 Å². The van der Waals surface area contributed by atoms with Crippen molar-refractivity contribution in [3.63, 3.8) is 0 Å². The summed E-state index contributed by atoms with van der Waals surface area (Å²) in [6.07, 6.45) is 11.6. The Hall–Kier alpha value is -1.42. The summed E-state index contributed by atoms with van der Waals surface area (Å²) in [7, 11) is 0. The van der Waals surface area contributed by atoms with Crippen LogP contribution in [0.5, 0.6) is 0 Å². The van der Waals surface area contributed by atoms with Crippen LogP contribution in [0.3, 0.4) is 0 Å². The molecule has 1 saturated heterocycles. The van der Waals surface area contributed by atoms with Crippen LogP contribution >= 0.6 is 0 Å². The van der Waals surface area contributed by atoms with Gasteiger partial charge in [0.1, 0.15) is 12.7 Å². The van der Waals surface area contributed by atoms with Crippen LogP contribution in [0.2, 0.25) is 0 Å². The first-order valence-corrected chi connectivity index (χ1v) is 12.0. The van der Waals surface area contributed by atoms with E-state index in [1.54, 1.807) is 5.57 Å². The van der Waals surface area contributed by atoms with Gasteiger partial charge in [0.25, 0.3) is 0 Å². The Kier molecular flexibility index (Phi) is 4.81. The van der Waals surface area contributed by atoms with Gasteiger partial charge in [-0.25, -0.2) is 0 Å². The minimum atomic E-state index is -0.136. The van der Waals surface area contributed by atoms with E-state index >= 15 is 0 Å². The molecule has 0 aromatic rings. The molecule has 30 heavy (non-hydrogen) atoms. The van der Waals surface area contributed by atoms with Crippen LogP contribution in [-0.4, -0.2) is 30.6 Å². The van der Waals surface area contributed by atoms with E-state index in [1.165, 1.54) is 18.4 Å². The van der Waals surface area contributed by atoms with Gasteiger partial charge in [-0.1, -0.05) is 44.9 Å². The normalized spacial score (nSPS) is 46.9. The Balaban J connectivity index is 1.38. The summed E-state index contributed by atoms with van der Waals surface area (Å²) in [5.41, 5.74) is 3.37. The molecule has 2 saturated carbocycles. The molecule has 5 rings (SSSR count). The lowest BCUT2D eigenvalue weighted by Gasteiger charge is -2.53. The first-order chi connectivity index (χ1) is 14.3. The largest absolute Gasteiger partial charge is 0.463 e. The van der Waals surface area contributed by atoms with Gasteiger partial charge in [-0.05, 0) is 67.3 Å². The summed E-state index contributed by atoms with van der Waals surface area (Å²) in [4.78, 5) is 23.6. The third-order valence-corrected chi connectivity index (χ3v) is 9.44. The van der Waals surface area contributed by atoms with E-state index in [0.717, 1.165) is 19.3 Å². The number of esters is 1. The summed E-state index contributed by atoms with van der Waals surface area (Å²) in [5.74, 6) is 2.67. The standard InChI is InChI=1S/C26H36O4/c1-5-22(28)29-14-21-24(30-21)23-15(2)12-20-18-7-6-16-13-17(27)8-10-25(16,3)19(18)9-11-26(20,23)4/h9,13,15,18,20-21,23-24H,5-8,10-12,14H2,1-4H3/t15-,18?,20?,21-,23+,24?,25-,26-/m0/s1. The Morgan fingerprint density at radius 2 is 2.10 bits per heavy atom. The number of carbonyl (C=O) groups excluding carboxylic acids is 2. The van der Waals surface area contributed by atoms with Gasteiger partial charge in [-0.2, -0.15) is 0 Å². The number of allylic oxidation sites excluding steroid dienone is 4. The van der Waals surface area contributed by atoms with Crippen molar-refractivity contribution in [3.8, 4) is 0 Å². The van der Waals surface area contributed by atoms with E-state index in [0.29, 0.717) is 48.9 Å². The second kappa shape index (κ2) is 7.05. The lowest BCUT2D eigenvalue weighted by atomic mass is 9.51. The molecule has 5 aliphatic rings. The van der Waals surface area contributed by atoms with Crippen LogP contribution in [0.15, 0.2) is 23.3 Å². The number of fused-ring (bicyclic) bond motifs is 5. The van der Waals surface area contributed by atoms with Gasteiger partial charge >= 0.3 is 5.97 Å². The molecule has 3 fully saturated rings. The second-order valence-corrected chi connectivity index (χ2v) is 11.0. The maximum Gasteiger partial charge on any atom is 0.305 e. The number of hydrogen-bond acceptors (Lipinski definition) is 4. The molecule has 0 aromatic heterocycles. The van der Waals surface area contributed by atoms with Crippen molar-refractivity contribution >= 4 is 11.8 Å². The second-order valence-electron chi connectivity index (χ2n) is 11.0. The van der Waals surface area contributed by atoms with Crippen LogP contribution in [-0.2, 0) is 19.1 Å². The van der Waals surface area contributed by atoms with E-state index in [4.69, 9.17) is 9.47 Å². The van der Waals surface area contributed by atoms with E-state index < -0.39 is 0 Å². The van der Waals surface area contributed by atoms with Gasteiger partial charge in [0, 0.05) is 18.3 Å². The van der Waals surface area contributed by atoms with Gasteiger partial charge in [0.15, 0.2) is 5.78 Å². The Bertz CT molecular complexity index is 825. The summed E-state index contributed by atoms with van der Waals surface area (Å²) in [5, 5.41) is 0. The highest BCUT2D eigenvalue weighted by Gasteiger charge is 2.63. The van der Waals surface area contributed by atoms with Crippen molar-refractivity contribution in [3.05, 3.63) is 23.3 Å². The fourth-order valence-electron chi connectivity index (χ4n) is 7.85. The minimum absolute atomic E-state index is 0.0802. The van der Waals surface area contributed by atoms with Crippen molar-refractivity contribution in [2.24, 2.45) is 34.5 Å². The first-order valence-electron chi connectivity index (χ1n) is 12.0. The molecule has 164 valence electrons. The molecule has 1 heterocycles. The molecule has 0 N–H and O–H groups in total. The smallest absolute Gasteiger partial charge is 0.305 e. The molecule has 8 atom stereocenters. The molecule has 4 nitrogen and oxygen atoms in total. The van der Waals surface area contributed by atoms with E-state index in [-0.39, 0.29) is 29.0 Å². The molecular weight excluding hydrogens is 376 g/mol. The highest BCUT2D eigenvalue weighted by molar-refractivity contribution is 5.92. The highest BCUT2D eigenvalue weighted by Crippen LogP contribution is 2.67. The molecule has 0 spiro atoms. The fraction of sp³-hybridized carbons (Fsp3) is 0.769. The predicted octanol–water partition coefficient (Wildman–Crippen LogP) is 5.02. The molecule has 0 amide bonds. The monoisotopic (exact) mass is 412 g/mol. The van der Waals surface area contributed by atoms with Crippen LogP contribution in [0.25, 0.3) is 0 Å². The van der Waals surface area contributed by atoms with Crippen LogP contribution < -0.4 is 0 Å². The van der Waals surface area contributed by atoms with Crippen molar-refractivity contribution in [2.45, 2.75) is 84.8 Å². The fourth-order valence-corrected chi connectivity index (χ4v) is 7.85. The van der Waals surface area contributed by atoms with Crippen LogP contribution in [0.1, 0.15) is 72.6 Å². The van der Waals surface area contributed by atoms with E-state index in [2.05, 4.69) is 26.8 Å². The third kappa shape index (κ3) is 2.97. The molecule has 4 aliphatic carbocycles. The van der Waals surface area contributed by atoms with Gasteiger partial charge in [0.2, 0.25) is 0 Å². The third-order valence-electron chi connectivity index (χ3n) is 9.44. The Morgan fingerprint density at radius 1 is 1.30 bits per heavy atom. The van der Waals surface area contributed by atoms with Gasteiger partial charge < -0.3 is 9.47 Å². The lowest BCUT2D eigenvalue weighted by Crippen LogP contribution is -2.45. The van der Waals surface area contributed by atoms with Crippen molar-refractivity contribution in [1.82, 2.24) is 0 Å². The SMILES string of the molecule is CCC(=O)OC[C@@H]1OC1[C@H]1[C@@H](C)CC2C3CCC4=CC(=O)CC[C@]4(C)C3=CC[C@@]21C. The quantitative estimate of drug-likeness (QED) is 0.369. The minimum Gasteiger partial charge on any atom is -0.463 e. The number of ketones is 1. The van der Waals surface area contributed by atoms with Crippen molar-refractivity contribution in [1.29, 1.82) is 0 Å². The molecular formula is C26H36O4. The molecule has 4 heteroatoms. The van der Waals surface area contributed by atoms with E-state index in [1.807, 2.05) is 13.0 Å². The predicted molar refractivity (Wildman–Crippen MR) is 115 cm³/mol. The van der Waals surface area contributed by atoms with Crippen molar-refractivity contribution in [2.75, 3.05) is 6.61 Å². The molecule has 1 aliphatic heterocycles. The average Bonchev–Trinajstić information content (AvgIpc) is 3.41. The Morgan fingerprint density at radius 3 is 2.87 bits per heavy atom. The summed E-state index contributed by atoms with van der Waals surface area (Å²) >= 11 is 0. The maximum atomic E-state index is 12.0. The number of carbonyl (C=O) groups is 2. The first kappa shape index (κ1) is 20.5. The zero-order chi connectivity index (χ0) is 21.3. The van der Waals surface area contributed by atoms with Gasteiger partial charge in [0.05, 0.1) is 6.10 Å². The number of hydrogen-bond donors (Lipinski definition) is 0. The topological polar surface area (TPSA) is 55.9 Å². The number of ether oxygens (including phenoxy) is 2. The van der Waals surface area contributed by atoms with Gasteiger partial charge in [-0.15, -0.1) is 0 Å². The number of rotatable bonds is 4. The number of epoxide rings is 1. The molecule has 0 radical (unpaired) electrons. The average molecular weight is 413 g/mol. The maximum absolute atomic E-state index is 12.0. The lowest BCUT2D eigenvalue weighted by molar-refractivity contribution is -0.143. The summed E-state index contributed by atoms with van der Waals surface area (Å²) < 4.78 is 11.5. The van der Waals surface area contributed by atoms with Crippen LogP contribution in [0, 0.1) is 34.5 Å². The Labute approximate surface area is 180 Å². The summed E-state index contributed by atoms with van der Waals surface area (Å²) in [6, 6.07) is 0. The molecule has 3 unspecified atom stereocenters. The molecule has 0 bridgehead atoms. The molecule has 0 aromatic carbocycles. The van der Waals surface area contributed by atoms with Crippen molar-refractivity contribution < 1.29 is 19.1 Å². The van der Waals surface area contributed by atoms with E-state index in [9.17, 15) is 9.59 Å². The van der Waals surface area contributed by atoms with Crippen LogP contribution in [0.4, 0.5) is 0 Å². The zero-order valence-corrected chi connectivity index (χ0v) is 18.9. The highest BCUT2D eigenvalue weighted by atomic mass is 16.6. The summed E-state index contributed by atoms with van der Waals surface area (Å²) in [6.45, 7) is 9.53. The zero-order valence-electron chi connectivity index (χ0n) is 18.9.